The number of carbonyl (C=O) groups is 10. The van der Waals surface area contributed by atoms with Crippen LogP contribution in [0.4, 0.5) is 11.6 Å². The number of rotatable bonds is 29. The van der Waals surface area contributed by atoms with E-state index in [4.69, 9.17) is 31.9 Å². The Labute approximate surface area is 737 Å². The van der Waals surface area contributed by atoms with Crippen molar-refractivity contribution in [2.24, 2.45) is 0 Å². The SMILES string of the molecule is C.CC(=O)CCCCN1CCCN(C(C)=O)CC1.CC(=O)N1CCCN(CCCCC(=O)Cl)CC1.CC(=O)N1CCCN(CCCCC(=O)O)CC1.CC(=O)N1CCCNCC1.CCCCCC(C)=O.COc1ccc(-c2cc(N)n[nH]2)cc1.COc1ccc(-c2cc(NC(=O)CCCCN3CCCN(C(C)=O)CC3)n[nH]2)cc1.[H-].[HH].[K+]. The van der Waals surface area contributed by atoms with Crippen molar-refractivity contribution in [2.75, 3.05) is 182 Å². The summed E-state index contributed by atoms with van der Waals surface area (Å²) in [5.41, 5.74) is 9.27. The molecule has 6 amide bonds. The van der Waals surface area contributed by atoms with E-state index in [0.29, 0.717) is 36.7 Å². The van der Waals surface area contributed by atoms with Crippen molar-refractivity contribution < 1.29 is 117 Å². The zero-order valence-corrected chi connectivity index (χ0v) is 74.7. The molecular weight excluding hydrogens is 1520 g/mol. The van der Waals surface area contributed by atoms with Crippen molar-refractivity contribution in [1.29, 1.82) is 0 Å². The number of hydrogen-bond donors (Lipinski definition) is 6. The molecule has 5 aliphatic rings. The monoisotopic (exact) mass is 1660 g/mol. The van der Waals surface area contributed by atoms with Crippen LogP contribution >= 0.6 is 11.6 Å². The Morgan fingerprint density at radius 3 is 1.15 bits per heavy atom. The fraction of sp³-hybridized carbons (Fsp3) is 0.667. The van der Waals surface area contributed by atoms with Gasteiger partial charge in [-0.05, 0) is 234 Å². The third-order valence-corrected chi connectivity index (χ3v) is 20.1. The van der Waals surface area contributed by atoms with E-state index < -0.39 is 5.97 Å². The third kappa shape index (κ3) is 50.6. The summed E-state index contributed by atoms with van der Waals surface area (Å²) >= 11 is 5.28. The Kier molecular flexibility index (Phi) is 59.4. The Hall–Kier alpha value is -6.71. The average molecular weight is 1660 g/mol. The second-order valence-corrected chi connectivity index (χ2v) is 29.7. The molecule has 4 aromatic rings. The van der Waals surface area contributed by atoms with E-state index in [1.54, 1.807) is 68.8 Å². The van der Waals surface area contributed by atoms with E-state index in [2.05, 4.69) is 57.6 Å². The van der Waals surface area contributed by atoms with Crippen molar-refractivity contribution in [3.63, 3.8) is 0 Å². The fourth-order valence-electron chi connectivity index (χ4n) is 13.1. The summed E-state index contributed by atoms with van der Waals surface area (Å²) in [7, 11) is 3.28. The maximum atomic E-state index is 12.2. The number of halogens is 1. The van der Waals surface area contributed by atoms with Crippen molar-refractivity contribution in [2.45, 2.75) is 198 Å². The molecule has 5 aliphatic heterocycles. The predicted octanol–water partition coefficient (Wildman–Crippen LogP) is 7.97. The Balaban J connectivity index is 0. The van der Waals surface area contributed by atoms with E-state index in [1.807, 2.05) is 79.1 Å². The van der Waals surface area contributed by atoms with Crippen molar-refractivity contribution in [3.8, 4) is 34.0 Å². The van der Waals surface area contributed by atoms with Gasteiger partial charge in [-0.3, -0.25) is 48.6 Å². The molecule has 29 nitrogen and oxygen atoms in total. The van der Waals surface area contributed by atoms with E-state index >= 15 is 0 Å². The number of nitrogens with zero attached hydrogens (tertiary/aromatic N) is 11. The normalized spacial score (nSPS) is 15.5. The smallest absolute Gasteiger partial charge is 1.00 e. The number of carboxylic acids is 1. The van der Waals surface area contributed by atoms with Crippen LogP contribution < -0.4 is 77.2 Å². The number of amides is 6. The third-order valence-electron chi connectivity index (χ3n) is 19.9. The number of hydrogen-bond acceptors (Lipinski definition) is 20. The van der Waals surface area contributed by atoms with Gasteiger partial charge in [0.05, 0.1) is 25.6 Å². The van der Waals surface area contributed by atoms with Gasteiger partial charge in [0, 0.05) is 178 Å². The van der Waals surface area contributed by atoms with Crippen molar-refractivity contribution in [1.82, 2.24) is 69.8 Å². The molecule has 0 bridgehead atoms. The van der Waals surface area contributed by atoms with Gasteiger partial charge in [0.1, 0.15) is 28.9 Å². The summed E-state index contributed by atoms with van der Waals surface area (Å²) in [6, 6.07) is 19.0. The quantitative estimate of drug-likeness (QED) is 0.0170. The molecule has 5 saturated heterocycles. The Bertz CT molecular complexity index is 3260. The van der Waals surface area contributed by atoms with E-state index in [0.717, 1.165) is 287 Å². The van der Waals surface area contributed by atoms with Crippen LogP contribution in [0.5, 0.6) is 11.5 Å². The molecule has 7 heterocycles. The molecule has 0 atom stereocenters. The minimum absolute atomic E-state index is 0. The van der Waals surface area contributed by atoms with Gasteiger partial charge >= 0.3 is 57.4 Å². The van der Waals surface area contributed by atoms with E-state index in [-0.39, 0.29) is 115 Å². The molecule has 2 aromatic carbocycles. The van der Waals surface area contributed by atoms with Crippen LogP contribution in [0.1, 0.15) is 201 Å². The molecule has 2 aromatic heterocycles. The number of aromatic amines is 2. The predicted molar refractivity (Wildman–Crippen MR) is 457 cm³/mol. The van der Waals surface area contributed by atoms with Crippen molar-refractivity contribution in [3.05, 3.63) is 60.7 Å². The summed E-state index contributed by atoms with van der Waals surface area (Å²) in [5.74, 6) is 3.36. The zero-order chi connectivity index (χ0) is 83.1. The topological polar surface area (TPSA) is 346 Å². The molecule has 0 spiro atoms. The average Bonchev–Trinajstić information content (AvgIpc) is 1.75. The number of nitrogen functional groups attached to an aromatic ring is 1. The van der Waals surface area contributed by atoms with Gasteiger partial charge in [-0.15, -0.1) is 0 Å². The Morgan fingerprint density at radius 2 is 0.800 bits per heavy atom. The maximum Gasteiger partial charge on any atom is 1.00 e. The zero-order valence-electron chi connectivity index (χ0n) is 71.8. The van der Waals surface area contributed by atoms with Gasteiger partial charge in [-0.25, -0.2) is 0 Å². The Morgan fingerprint density at radius 1 is 0.452 bits per heavy atom. The number of H-pyrrole nitrogens is 2. The molecule has 0 aliphatic carbocycles. The van der Waals surface area contributed by atoms with Crippen LogP contribution in [0.15, 0.2) is 60.7 Å². The molecule has 646 valence electrons. The van der Waals surface area contributed by atoms with E-state index in [9.17, 15) is 47.9 Å². The first-order valence-corrected chi connectivity index (χ1v) is 41.3. The number of carbonyl (C=O) groups excluding carboxylic acids is 9. The van der Waals surface area contributed by atoms with Crippen LogP contribution in [0.3, 0.4) is 0 Å². The number of ketones is 2. The van der Waals surface area contributed by atoms with Crippen LogP contribution in [0, 0.1) is 0 Å². The number of anilines is 2. The number of unbranched alkanes of at least 4 members (excludes halogenated alkanes) is 6. The minimum Gasteiger partial charge on any atom is -1.00 e. The number of benzene rings is 2. The van der Waals surface area contributed by atoms with Crippen LogP contribution in [0.25, 0.3) is 22.5 Å². The molecule has 0 saturated carbocycles. The van der Waals surface area contributed by atoms with Gasteiger partial charge in [0.25, 0.3) is 0 Å². The van der Waals surface area contributed by atoms with Gasteiger partial charge in [0.2, 0.25) is 40.7 Å². The maximum absolute atomic E-state index is 12.2. The standard InChI is InChI=1S/C22H31N5O3.C13H24N2O2.C12H21ClN2O2.C12H22N2O3.C10H11N3O.C7H14N2O.C7H14O.CH4.K.H2.H/c1-17(28)27-13-5-12-26(14-15-27)11-4-3-6-22(29)23-21-16-20(24-25-21)18-7-9-19(30-2)10-8-18;1-12(16)6-3-4-7-14-8-5-9-15(11-10-14)13(2)17;1-11(16)15-8-4-7-14(9-10-15)6-3-2-5-12(13)17;1-11(15)14-8-4-7-13(9-10-14)6-3-2-5-12(16)17;1-14-8-4-2-7(3-5-8)9-6-10(11)13-12-9;1-7(10)9-5-2-3-8-4-6-9;1-3-4-5-6-7(2)8;;;;/h7-10,16H,3-6,11-15H2,1-2H3,(H2,23,24,25,29);3-11H2,1-2H3;2-10H2,1H3;2-10H2,1H3,(H,16,17);2-6H,1H3,(H3,11,12,13);8H,2-6H2,1H3;3-6H2,1-2H3;1H4;;1H;/q;;;;;;;;+1;;-1. The summed E-state index contributed by atoms with van der Waals surface area (Å²) in [5, 5.41) is 28.2. The summed E-state index contributed by atoms with van der Waals surface area (Å²) in [4.78, 5) is 129. The number of methoxy groups -OCH3 is 2. The first-order valence-electron chi connectivity index (χ1n) is 40.9. The number of aromatic nitrogens is 4. The molecule has 0 radical (unpaired) electrons. The largest absolute Gasteiger partial charge is 1.00 e. The number of aliphatic carboxylic acids is 1. The molecular formula is C84H144ClKN16O13. The molecule has 0 unspecified atom stereocenters. The van der Waals surface area contributed by atoms with Crippen LogP contribution in [0.2, 0.25) is 0 Å². The van der Waals surface area contributed by atoms with Crippen molar-refractivity contribution >= 4 is 81.5 Å². The van der Waals surface area contributed by atoms with Crippen LogP contribution in [-0.2, 0) is 47.9 Å². The molecule has 31 heteroatoms. The van der Waals surface area contributed by atoms with Crippen LogP contribution in [-0.4, -0.2) is 299 Å². The summed E-state index contributed by atoms with van der Waals surface area (Å²) in [6.45, 7) is 35.9. The summed E-state index contributed by atoms with van der Waals surface area (Å²) < 4.78 is 10.2. The first-order chi connectivity index (χ1) is 54.2. The fourth-order valence-corrected chi connectivity index (χ4v) is 13.3. The summed E-state index contributed by atoms with van der Waals surface area (Å²) in [6.07, 6.45) is 18.7. The minimum atomic E-state index is -0.719. The molecule has 9 rings (SSSR count). The second-order valence-electron chi connectivity index (χ2n) is 29.2. The number of nitrogens with two attached hydrogens (primary N) is 1. The second kappa shape index (κ2) is 64.3. The van der Waals surface area contributed by atoms with Gasteiger partial charge < -0.3 is 86.1 Å². The number of Topliss-reactive ketones (excluding diaryl/α,β-unsaturated/α-hetero) is 2. The molecule has 7 N–H and O–H groups in total. The van der Waals surface area contributed by atoms with Gasteiger partial charge in [-0.1, -0.05) is 27.2 Å². The van der Waals surface area contributed by atoms with Gasteiger partial charge in [-0.2, -0.15) is 10.2 Å². The van der Waals surface area contributed by atoms with Gasteiger partial charge in [0.15, 0.2) is 5.82 Å². The first kappa shape index (κ1) is 106. The number of ether oxygens (including phenoxy) is 2. The number of carboxylic acid groups (broad SMARTS) is 1. The molecule has 115 heavy (non-hydrogen) atoms. The molecule has 5 fully saturated rings. The number of nitrogens with one attached hydrogen (secondary N) is 4. The van der Waals surface area contributed by atoms with E-state index in [1.165, 1.54) is 12.8 Å².